The summed E-state index contributed by atoms with van der Waals surface area (Å²) in [6.45, 7) is 8.06. The van der Waals surface area contributed by atoms with E-state index in [0.29, 0.717) is 12.5 Å². The third-order valence-electron chi connectivity index (χ3n) is 2.34. The average molecular weight is 280 g/mol. The molecule has 20 heavy (non-hydrogen) atoms. The standard InChI is InChI=1S/C14H20N2O4/c1-8(2)7-15-12(17)10-5-6-11(14(18)19)16-13(10)20-9(3)4/h5-6,8-9H,7H2,1-4H3,(H,15,17)(H,18,19). The van der Waals surface area contributed by atoms with Crippen LogP contribution in [0.4, 0.5) is 0 Å². The second kappa shape index (κ2) is 6.88. The number of carboxylic acid groups (broad SMARTS) is 1. The zero-order chi connectivity index (χ0) is 15.3. The van der Waals surface area contributed by atoms with Crippen LogP contribution in [0.1, 0.15) is 48.5 Å². The fourth-order valence-corrected chi connectivity index (χ4v) is 1.44. The summed E-state index contributed by atoms with van der Waals surface area (Å²) in [4.78, 5) is 26.8. The SMILES string of the molecule is CC(C)CNC(=O)c1ccc(C(=O)O)nc1OC(C)C. The molecule has 0 radical (unpaired) electrons. The largest absolute Gasteiger partial charge is 0.477 e. The number of carboxylic acids is 1. The van der Waals surface area contributed by atoms with Gasteiger partial charge in [-0.3, -0.25) is 4.79 Å². The zero-order valence-corrected chi connectivity index (χ0v) is 12.1. The molecule has 0 bridgehead atoms. The van der Waals surface area contributed by atoms with Gasteiger partial charge in [-0.2, -0.15) is 0 Å². The van der Waals surface area contributed by atoms with Gasteiger partial charge in [-0.25, -0.2) is 9.78 Å². The molecular weight excluding hydrogens is 260 g/mol. The van der Waals surface area contributed by atoms with Crippen molar-refractivity contribution in [3.05, 3.63) is 23.4 Å². The number of ether oxygens (including phenoxy) is 1. The number of amides is 1. The van der Waals surface area contributed by atoms with Crippen molar-refractivity contribution >= 4 is 11.9 Å². The Morgan fingerprint density at radius 3 is 2.45 bits per heavy atom. The Hall–Kier alpha value is -2.11. The molecule has 1 aromatic rings. The highest BCUT2D eigenvalue weighted by Crippen LogP contribution is 2.18. The van der Waals surface area contributed by atoms with Crippen molar-refractivity contribution in [2.75, 3.05) is 6.54 Å². The smallest absolute Gasteiger partial charge is 0.354 e. The van der Waals surface area contributed by atoms with Gasteiger partial charge in [-0.05, 0) is 31.9 Å². The summed E-state index contributed by atoms with van der Waals surface area (Å²) in [5, 5.41) is 11.7. The molecule has 110 valence electrons. The highest BCUT2D eigenvalue weighted by Gasteiger charge is 2.18. The maximum absolute atomic E-state index is 12.1. The molecule has 1 amide bonds. The number of nitrogens with zero attached hydrogens (tertiary/aromatic N) is 1. The maximum Gasteiger partial charge on any atom is 0.354 e. The lowest BCUT2D eigenvalue weighted by Crippen LogP contribution is -2.28. The predicted octanol–water partition coefficient (Wildman–Crippen LogP) is 1.95. The summed E-state index contributed by atoms with van der Waals surface area (Å²) < 4.78 is 5.43. The van der Waals surface area contributed by atoms with Gasteiger partial charge in [0.1, 0.15) is 5.56 Å². The molecule has 0 aromatic carbocycles. The fourth-order valence-electron chi connectivity index (χ4n) is 1.44. The minimum absolute atomic E-state index is 0.0427. The molecule has 0 spiro atoms. The van der Waals surface area contributed by atoms with Gasteiger partial charge < -0.3 is 15.2 Å². The summed E-state index contributed by atoms with van der Waals surface area (Å²) >= 11 is 0. The molecule has 0 aliphatic rings. The second-order valence-corrected chi connectivity index (χ2v) is 5.12. The Bertz CT molecular complexity index is 498. The number of aromatic nitrogens is 1. The number of rotatable bonds is 6. The lowest BCUT2D eigenvalue weighted by molar-refractivity contribution is 0.0687. The Kier molecular flexibility index (Phi) is 5.49. The van der Waals surface area contributed by atoms with Crippen LogP contribution < -0.4 is 10.1 Å². The van der Waals surface area contributed by atoms with Gasteiger partial charge in [0.25, 0.3) is 5.91 Å². The number of hydrogen-bond acceptors (Lipinski definition) is 4. The first-order valence-electron chi connectivity index (χ1n) is 6.50. The molecule has 1 aromatic heterocycles. The normalized spacial score (nSPS) is 10.7. The monoisotopic (exact) mass is 280 g/mol. The quantitative estimate of drug-likeness (QED) is 0.831. The summed E-state index contributed by atoms with van der Waals surface area (Å²) in [6.07, 6.45) is -0.205. The average Bonchev–Trinajstić information content (AvgIpc) is 2.35. The summed E-state index contributed by atoms with van der Waals surface area (Å²) in [6, 6.07) is 2.71. The molecule has 6 nitrogen and oxygen atoms in total. The molecule has 0 saturated heterocycles. The molecule has 1 heterocycles. The molecular formula is C14H20N2O4. The van der Waals surface area contributed by atoms with Crippen molar-refractivity contribution in [2.45, 2.75) is 33.8 Å². The maximum atomic E-state index is 12.1. The molecule has 2 N–H and O–H groups in total. The zero-order valence-electron chi connectivity index (χ0n) is 12.1. The molecule has 0 saturated carbocycles. The predicted molar refractivity (Wildman–Crippen MR) is 74.1 cm³/mol. The topological polar surface area (TPSA) is 88.5 Å². The third kappa shape index (κ3) is 4.53. The third-order valence-corrected chi connectivity index (χ3v) is 2.34. The van der Waals surface area contributed by atoms with E-state index in [1.165, 1.54) is 12.1 Å². The van der Waals surface area contributed by atoms with Crippen LogP contribution in [0.2, 0.25) is 0 Å². The van der Waals surface area contributed by atoms with Crippen molar-refractivity contribution in [2.24, 2.45) is 5.92 Å². The molecule has 1 rings (SSSR count). The van der Waals surface area contributed by atoms with Crippen molar-refractivity contribution < 1.29 is 19.4 Å². The fraction of sp³-hybridized carbons (Fsp3) is 0.500. The van der Waals surface area contributed by atoms with E-state index in [0.717, 1.165) is 0 Å². The van der Waals surface area contributed by atoms with Crippen LogP contribution in [0.3, 0.4) is 0 Å². The van der Waals surface area contributed by atoms with Gasteiger partial charge >= 0.3 is 5.97 Å². The molecule has 0 aliphatic heterocycles. The molecule has 0 fully saturated rings. The number of hydrogen-bond donors (Lipinski definition) is 2. The van der Waals surface area contributed by atoms with Gasteiger partial charge in [0, 0.05) is 6.54 Å². The van der Waals surface area contributed by atoms with Gasteiger partial charge in [0.05, 0.1) is 6.10 Å². The Morgan fingerprint density at radius 2 is 1.95 bits per heavy atom. The van der Waals surface area contributed by atoms with Crippen LogP contribution in [0.5, 0.6) is 5.88 Å². The van der Waals surface area contributed by atoms with E-state index in [1.54, 1.807) is 13.8 Å². The molecule has 0 unspecified atom stereocenters. The van der Waals surface area contributed by atoms with E-state index in [2.05, 4.69) is 10.3 Å². The van der Waals surface area contributed by atoms with Crippen LogP contribution in [-0.2, 0) is 0 Å². The van der Waals surface area contributed by atoms with Gasteiger partial charge in [0.2, 0.25) is 5.88 Å². The van der Waals surface area contributed by atoms with E-state index in [-0.39, 0.29) is 29.1 Å². The Morgan fingerprint density at radius 1 is 1.30 bits per heavy atom. The van der Waals surface area contributed by atoms with Crippen LogP contribution >= 0.6 is 0 Å². The van der Waals surface area contributed by atoms with Crippen LogP contribution in [0.15, 0.2) is 12.1 Å². The minimum atomic E-state index is -1.16. The number of pyridine rings is 1. The van der Waals surface area contributed by atoms with E-state index in [9.17, 15) is 9.59 Å². The van der Waals surface area contributed by atoms with Crippen molar-refractivity contribution in [3.63, 3.8) is 0 Å². The highest BCUT2D eigenvalue weighted by molar-refractivity contribution is 5.97. The van der Waals surface area contributed by atoms with Crippen LogP contribution in [-0.4, -0.2) is 34.6 Å². The lowest BCUT2D eigenvalue weighted by Gasteiger charge is -2.14. The number of carbonyl (C=O) groups excluding carboxylic acids is 1. The Labute approximate surface area is 118 Å². The van der Waals surface area contributed by atoms with Crippen molar-refractivity contribution in [1.29, 1.82) is 0 Å². The molecule has 0 aliphatic carbocycles. The van der Waals surface area contributed by atoms with Gasteiger partial charge in [-0.1, -0.05) is 13.8 Å². The Balaban J connectivity index is 3.04. The first-order chi connectivity index (χ1) is 9.31. The lowest BCUT2D eigenvalue weighted by atomic mass is 10.2. The van der Waals surface area contributed by atoms with Crippen LogP contribution in [0.25, 0.3) is 0 Å². The minimum Gasteiger partial charge on any atom is -0.477 e. The van der Waals surface area contributed by atoms with Gasteiger partial charge in [-0.15, -0.1) is 0 Å². The highest BCUT2D eigenvalue weighted by atomic mass is 16.5. The summed E-state index contributed by atoms with van der Waals surface area (Å²) in [5.41, 5.74) is 0.0883. The number of nitrogens with one attached hydrogen (secondary N) is 1. The van der Waals surface area contributed by atoms with Crippen molar-refractivity contribution in [3.8, 4) is 5.88 Å². The first-order valence-corrected chi connectivity index (χ1v) is 6.50. The number of carbonyl (C=O) groups is 2. The number of aromatic carboxylic acids is 1. The summed E-state index contributed by atoms with van der Waals surface area (Å²) in [7, 11) is 0. The first kappa shape index (κ1) is 15.9. The van der Waals surface area contributed by atoms with E-state index >= 15 is 0 Å². The van der Waals surface area contributed by atoms with E-state index < -0.39 is 5.97 Å². The molecule has 6 heteroatoms. The molecule has 0 atom stereocenters. The van der Waals surface area contributed by atoms with Gasteiger partial charge in [0.15, 0.2) is 5.69 Å². The summed E-state index contributed by atoms with van der Waals surface area (Å²) in [5.74, 6) is -1.12. The second-order valence-electron chi connectivity index (χ2n) is 5.12. The van der Waals surface area contributed by atoms with E-state index in [4.69, 9.17) is 9.84 Å². The van der Waals surface area contributed by atoms with Crippen LogP contribution in [0, 0.1) is 5.92 Å². The van der Waals surface area contributed by atoms with E-state index in [1.807, 2.05) is 13.8 Å². The van der Waals surface area contributed by atoms with Crippen molar-refractivity contribution in [1.82, 2.24) is 10.3 Å².